The van der Waals surface area contributed by atoms with E-state index in [0.29, 0.717) is 23.1 Å². The molecule has 0 saturated heterocycles. The Morgan fingerprint density at radius 2 is 2.30 bits per heavy atom. The average molecular weight is 351 g/mol. The van der Waals surface area contributed by atoms with Crippen molar-refractivity contribution in [1.82, 2.24) is 9.97 Å². The lowest BCUT2D eigenvalue weighted by Crippen LogP contribution is -2.08. The molecular formula is C13H11BrN4OS. The summed E-state index contributed by atoms with van der Waals surface area (Å²) in [5.74, 6) is 0. The average Bonchev–Trinajstić information content (AvgIpc) is 2.83. The van der Waals surface area contributed by atoms with Crippen LogP contribution in [0.2, 0.25) is 0 Å². The van der Waals surface area contributed by atoms with E-state index < -0.39 is 0 Å². The summed E-state index contributed by atoms with van der Waals surface area (Å²) in [6, 6.07) is 5.45. The zero-order valence-corrected chi connectivity index (χ0v) is 12.7. The summed E-state index contributed by atoms with van der Waals surface area (Å²) in [6.45, 7) is 0.664. The summed E-state index contributed by atoms with van der Waals surface area (Å²) in [6.07, 6.45) is 1.39. The van der Waals surface area contributed by atoms with Crippen molar-refractivity contribution < 1.29 is 0 Å². The highest BCUT2D eigenvalue weighted by atomic mass is 79.9. The van der Waals surface area contributed by atoms with Crippen LogP contribution < -0.4 is 16.6 Å². The predicted octanol–water partition coefficient (Wildman–Crippen LogP) is 2.94. The first-order chi connectivity index (χ1) is 9.65. The minimum atomic E-state index is -0.186. The van der Waals surface area contributed by atoms with Crippen LogP contribution in [-0.2, 0) is 6.54 Å². The van der Waals surface area contributed by atoms with Crippen LogP contribution >= 0.6 is 27.3 Å². The largest absolute Gasteiger partial charge is 0.397 e. The Kier molecular flexibility index (Phi) is 3.45. The number of H-pyrrole nitrogens is 1. The molecular weight excluding hydrogens is 340 g/mol. The quantitative estimate of drug-likeness (QED) is 0.634. The highest BCUT2D eigenvalue weighted by Gasteiger charge is 2.07. The van der Waals surface area contributed by atoms with Crippen LogP contribution in [0.15, 0.2) is 39.2 Å². The topological polar surface area (TPSA) is 83.8 Å². The fraction of sp³-hybridized carbons (Fsp3) is 0.0769. The first kappa shape index (κ1) is 13.1. The number of hydrogen-bond donors (Lipinski definition) is 3. The molecule has 7 heteroatoms. The number of anilines is 2. The third kappa shape index (κ3) is 2.41. The van der Waals surface area contributed by atoms with E-state index in [1.807, 2.05) is 11.4 Å². The van der Waals surface area contributed by atoms with Gasteiger partial charge in [-0.3, -0.25) is 4.79 Å². The minimum absolute atomic E-state index is 0.186. The summed E-state index contributed by atoms with van der Waals surface area (Å²) < 4.78 is 1.07. The van der Waals surface area contributed by atoms with Crippen molar-refractivity contribution in [2.45, 2.75) is 6.54 Å². The first-order valence-corrected chi connectivity index (χ1v) is 7.55. The van der Waals surface area contributed by atoms with Gasteiger partial charge in [-0.15, -0.1) is 11.3 Å². The smallest absolute Gasteiger partial charge is 0.258 e. The molecule has 20 heavy (non-hydrogen) atoms. The number of aromatic nitrogens is 2. The third-order valence-electron chi connectivity index (χ3n) is 2.94. The Bertz CT molecular complexity index is 827. The Balaban J connectivity index is 1.94. The standard InChI is InChI=1S/C13H11BrN4OS/c14-8-1-2-20-12(8)5-16-11-4-10-7(3-9(11)15)13(19)18-6-17-10/h1-4,6,16H,5,15H2,(H,17,18,19). The molecule has 0 aliphatic heterocycles. The number of nitrogen functional groups attached to an aromatic ring is 1. The lowest BCUT2D eigenvalue weighted by atomic mass is 10.2. The van der Waals surface area contributed by atoms with Crippen molar-refractivity contribution in [3.8, 4) is 0 Å². The van der Waals surface area contributed by atoms with E-state index >= 15 is 0 Å². The van der Waals surface area contributed by atoms with E-state index in [4.69, 9.17) is 5.73 Å². The summed E-state index contributed by atoms with van der Waals surface area (Å²) >= 11 is 5.15. The highest BCUT2D eigenvalue weighted by Crippen LogP contribution is 2.27. The molecule has 0 atom stereocenters. The fourth-order valence-electron chi connectivity index (χ4n) is 1.91. The molecule has 0 fully saturated rings. The van der Waals surface area contributed by atoms with Crippen molar-refractivity contribution in [3.05, 3.63) is 49.6 Å². The lowest BCUT2D eigenvalue weighted by Gasteiger charge is -2.09. The summed E-state index contributed by atoms with van der Waals surface area (Å²) in [5.41, 5.74) is 7.72. The van der Waals surface area contributed by atoms with Gasteiger partial charge in [-0.2, -0.15) is 0 Å². The normalized spacial score (nSPS) is 10.8. The highest BCUT2D eigenvalue weighted by molar-refractivity contribution is 9.10. The van der Waals surface area contributed by atoms with Crippen LogP contribution in [0.5, 0.6) is 0 Å². The van der Waals surface area contributed by atoms with E-state index in [0.717, 1.165) is 10.2 Å². The zero-order valence-electron chi connectivity index (χ0n) is 10.3. The number of aromatic amines is 1. The number of hydrogen-bond acceptors (Lipinski definition) is 5. The second-order valence-corrected chi connectivity index (χ2v) is 6.09. The lowest BCUT2D eigenvalue weighted by molar-refractivity contribution is 1.16. The SMILES string of the molecule is Nc1cc2c(=O)[nH]cnc2cc1NCc1sccc1Br. The molecule has 3 aromatic rings. The van der Waals surface area contributed by atoms with Crippen LogP contribution in [0.3, 0.4) is 0 Å². The Hall–Kier alpha value is -1.86. The second kappa shape index (κ2) is 5.26. The Morgan fingerprint density at radius 1 is 1.45 bits per heavy atom. The molecule has 2 aromatic heterocycles. The Labute approximate surface area is 127 Å². The molecule has 5 nitrogen and oxygen atoms in total. The third-order valence-corrected chi connectivity index (χ3v) is 4.87. The number of halogens is 1. The van der Waals surface area contributed by atoms with E-state index in [9.17, 15) is 4.79 Å². The van der Waals surface area contributed by atoms with Crippen molar-refractivity contribution in [3.63, 3.8) is 0 Å². The molecule has 0 aliphatic rings. The number of fused-ring (bicyclic) bond motifs is 1. The van der Waals surface area contributed by atoms with Gasteiger partial charge in [-0.25, -0.2) is 4.98 Å². The molecule has 3 rings (SSSR count). The molecule has 2 heterocycles. The second-order valence-electron chi connectivity index (χ2n) is 4.23. The number of nitrogens with one attached hydrogen (secondary N) is 2. The minimum Gasteiger partial charge on any atom is -0.397 e. The van der Waals surface area contributed by atoms with Crippen molar-refractivity contribution in [2.24, 2.45) is 0 Å². The molecule has 102 valence electrons. The monoisotopic (exact) mass is 350 g/mol. The van der Waals surface area contributed by atoms with Crippen LogP contribution in [0.4, 0.5) is 11.4 Å². The fourth-order valence-corrected chi connectivity index (χ4v) is 3.34. The Morgan fingerprint density at radius 3 is 3.05 bits per heavy atom. The molecule has 0 bridgehead atoms. The number of benzene rings is 1. The number of rotatable bonds is 3. The zero-order chi connectivity index (χ0) is 14.1. The van der Waals surface area contributed by atoms with Gasteiger partial charge in [-0.05, 0) is 39.5 Å². The molecule has 0 radical (unpaired) electrons. The van der Waals surface area contributed by atoms with Crippen molar-refractivity contribution >= 4 is 49.5 Å². The van der Waals surface area contributed by atoms with Gasteiger partial charge in [0, 0.05) is 9.35 Å². The predicted molar refractivity (Wildman–Crippen MR) is 86.1 cm³/mol. The first-order valence-electron chi connectivity index (χ1n) is 5.88. The van der Waals surface area contributed by atoms with Gasteiger partial charge in [0.05, 0.1) is 35.1 Å². The number of nitrogens with two attached hydrogens (primary N) is 1. The molecule has 0 amide bonds. The summed E-state index contributed by atoms with van der Waals surface area (Å²) in [5, 5.41) is 5.78. The van der Waals surface area contributed by atoms with Gasteiger partial charge in [-0.1, -0.05) is 0 Å². The van der Waals surface area contributed by atoms with Crippen molar-refractivity contribution in [1.29, 1.82) is 0 Å². The number of thiophene rings is 1. The summed E-state index contributed by atoms with van der Waals surface area (Å²) in [7, 11) is 0. The van der Waals surface area contributed by atoms with Gasteiger partial charge in [0.1, 0.15) is 0 Å². The van der Waals surface area contributed by atoms with E-state index in [-0.39, 0.29) is 5.56 Å². The van der Waals surface area contributed by atoms with Crippen LogP contribution in [-0.4, -0.2) is 9.97 Å². The van der Waals surface area contributed by atoms with E-state index in [1.54, 1.807) is 23.5 Å². The maximum Gasteiger partial charge on any atom is 0.258 e. The van der Waals surface area contributed by atoms with Crippen LogP contribution in [0, 0.1) is 0 Å². The molecule has 0 unspecified atom stereocenters. The van der Waals surface area contributed by atoms with Crippen molar-refractivity contribution in [2.75, 3.05) is 11.1 Å². The van der Waals surface area contributed by atoms with Crippen LogP contribution in [0.25, 0.3) is 10.9 Å². The van der Waals surface area contributed by atoms with E-state index in [2.05, 4.69) is 31.2 Å². The molecule has 0 spiro atoms. The van der Waals surface area contributed by atoms with Gasteiger partial charge >= 0.3 is 0 Å². The van der Waals surface area contributed by atoms with Gasteiger partial charge in [0.15, 0.2) is 0 Å². The van der Waals surface area contributed by atoms with Gasteiger partial charge in [0.2, 0.25) is 0 Å². The molecule has 4 N–H and O–H groups in total. The van der Waals surface area contributed by atoms with Gasteiger partial charge < -0.3 is 16.0 Å². The van der Waals surface area contributed by atoms with E-state index in [1.165, 1.54) is 11.2 Å². The van der Waals surface area contributed by atoms with Gasteiger partial charge in [0.25, 0.3) is 5.56 Å². The van der Waals surface area contributed by atoms with Crippen LogP contribution in [0.1, 0.15) is 4.88 Å². The maximum absolute atomic E-state index is 11.7. The summed E-state index contributed by atoms with van der Waals surface area (Å²) in [4.78, 5) is 19.5. The maximum atomic E-state index is 11.7. The molecule has 0 saturated carbocycles. The molecule has 0 aliphatic carbocycles. The number of nitrogens with zero attached hydrogens (tertiary/aromatic N) is 1. The molecule has 1 aromatic carbocycles.